The lowest BCUT2D eigenvalue weighted by Gasteiger charge is -2.20. The van der Waals surface area contributed by atoms with Crippen molar-refractivity contribution >= 4 is 0 Å². The van der Waals surface area contributed by atoms with E-state index in [1.54, 1.807) is 0 Å². The fraction of sp³-hybridized carbons (Fsp3) is 0.333. The van der Waals surface area contributed by atoms with Gasteiger partial charge in [0.25, 0.3) is 0 Å². The average molecular weight is 269 g/mol. The summed E-state index contributed by atoms with van der Waals surface area (Å²) in [6.45, 7) is 5.42. The topological polar surface area (TPSA) is 35.2 Å². The highest BCUT2D eigenvalue weighted by Gasteiger charge is 2.16. The molecule has 1 unspecified atom stereocenters. The van der Waals surface area contributed by atoms with Crippen molar-refractivity contribution in [2.45, 2.75) is 26.2 Å². The van der Waals surface area contributed by atoms with E-state index in [1.165, 1.54) is 16.7 Å². The van der Waals surface area contributed by atoms with Crippen LogP contribution in [0.4, 0.5) is 0 Å². The SMILES string of the molecule is CCOc1ccc(C)cc1C(CN)Cc1ccccc1. The predicted molar refractivity (Wildman–Crippen MR) is 84.3 cm³/mol. The van der Waals surface area contributed by atoms with Crippen molar-refractivity contribution in [2.75, 3.05) is 13.2 Å². The van der Waals surface area contributed by atoms with E-state index in [1.807, 2.05) is 13.0 Å². The molecule has 0 amide bonds. The van der Waals surface area contributed by atoms with Crippen molar-refractivity contribution in [2.24, 2.45) is 5.73 Å². The Kier molecular flexibility index (Phi) is 5.19. The molecule has 0 aromatic heterocycles. The molecule has 0 saturated carbocycles. The third-order valence-electron chi connectivity index (χ3n) is 3.51. The van der Waals surface area contributed by atoms with Crippen molar-refractivity contribution < 1.29 is 4.74 Å². The minimum Gasteiger partial charge on any atom is -0.494 e. The number of ether oxygens (including phenoxy) is 1. The van der Waals surface area contributed by atoms with E-state index in [-0.39, 0.29) is 0 Å². The van der Waals surface area contributed by atoms with Crippen LogP contribution in [0.2, 0.25) is 0 Å². The molecule has 2 nitrogen and oxygen atoms in total. The Morgan fingerprint density at radius 1 is 1.10 bits per heavy atom. The molecule has 2 aromatic carbocycles. The maximum atomic E-state index is 6.01. The summed E-state index contributed by atoms with van der Waals surface area (Å²) < 4.78 is 5.76. The molecule has 2 N–H and O–H groups in total. The van der Waals surface area contributed by atoms with E-state index in [9.17, 15) is 0 Å². The third-order valence-corrected chi connectivity index (χ3v) is 3.51. The second-order valence-electron chi connectivity index (χ2n) is 5.10. The van der Waals surface area contributed by atoms with Gasteiger partial charge in [-0.1, -0.05) is 48.0 Å². The first-order valence-corrected chi connectivity index (χ1v) is 7.22. The van der Waals surface area contributed by atoms with Crippen LogP contribution >= 0.6 is 0 Å². The van der Waals surface area contributed by atoms with Crippen LogP contribution in [0.3, 0.4) is 0 Å². The monoisotopic (exact) mass is 269 g/mol. The number of aryl methyl sites for hydroxylation is 1. The van der Waals surface area contributed by atoms with Gasteiger partial charge in [0.2, 0.25) is 0 Å². The second kappa shape index (κ2) is 7.11. The summed E-state index contributed by atoms with van der Waals surface area (Å²) in [5.41, 5.74) is 9.79. The Morgan fingerprint density at radius 2 is 1.85 bits per heavy atom. The van der Waals surface area contributed by atoms with Crippen LogP contribution in [-0.4, -0.2) is 13.2 Å². The Labute approximate surface area is 121 Å². The fourth-order valence-electron chi connectivity index (χ4n) is 2.49. The number of hydrogen-bond acceptors (Lipinski definition) is 2. The third kappa shape index (κ3) is 3.61. The lowest BCUT2D eigenvalue weighted by molar-refractivity contribution is 0.334. The standard InChI is InChI=1S/C18H23NO/c1-3-20-18-10-9-14(2)11-17(18)16(13-19)12-15-7-5-4-6-8-15/h4-11,16H,3,12-13,19H2,1-2H3. The molecule has 2 aromatic rings. The highest BCUT2D eigenvalue weighted by atomic mass is 16.5. The van der Waals surface area contributed by atoms with Gasteiger partial charge in [-0.05, 0) is 44.0 Å². The predicted octanol–water partition coefficient (Wildman–Crippen LogP) is 3.68. The molecule has 0 saturated heterocycles. The fourth-order valence-corrected chi connectivity index (χ4v) is 2.49. The molecule has 0 aliphatic heterocycles. The van der Waals surface area contributed by atoms with E-state index >= 15 is 0 Å². The zero-order valence-corrected chi connectivity index (χ0v) is 12.3. The summed E-state index contributed by atoms with van der Waals surface area (Å²) in [4.78, 5) is 0. The average Bonchev–Trinajstić information content (AvgIpc) is 2.48. The van der Waals surface area contributed by atoms with Gasteiger partial charge >= 0.3 is 0 Å². The van der Waals surface area contributed by atoms with Gasteiger partial charge in [0.1, 0.15) is 5.75 Å². The number of rotatable bonds is 6. The molecule has 0 heterocycles. The lowest BCUT2D eigenvalue weighted by atomic mass is 9.90. The zero-order chi connectivity index (χ0) is 14.4. The minimum atomic E-state index is 0.291. The first-order valence-electron chi connectivity index (χ1n) is 7.22. The van der Waals surface area contributed by atoms with E-state index < -0.39 is 0 Å². The first-order chi connectivity index (χ1) is 9.74. The van der Waals surface area contributed by atoms with Gasteiger partial charge in [0.15, 0.2) is 0 Å². The van der Waals surface area contributed by atoms with Gasteiger partial charge in [-0.15, -0.1) is 0 Å². The van der Waals surface area contributed by atoms with Crippen LogP contribution in [0, 0.1) is 6.92 Å². The summed E-state index contributed by atoms with van der Waals surface area (Å²) in [5.74, 6) is 1.25. The molecule has 1 atom stereocenters. The summed E-state index contributed by atoms with van der Waals surface area (Å²) in [6, 6.07) is 16.8. The Morgan fingerprint density at radius 3 is 2.50 bits per heavy atom. The highest BCUT2D eigenvalue weighted by Crippen LogP contribution is 2.30. The van der Waals surface area contributed by atoms with E-state index in [0.717, 1.165) is 12.2 Å². The first kappa shape index (κ1) is 14.6. The normalized spacial score (nSPS) is 12.2. The van der Waals surface area contributed by atoms with E-state index in [2.05, 4.69) is 49.4 Å². The maximum absolute atomic E-state index is 6.01. The Balaban J connectivity index is 2.28. The summed E-state index contributed by atoms with van der Waals surface area (Å²) in [6.07, 6.45) is 0.945. The molecule has 106 valence electrons. The largest absolute Gasteiger partial charge is 0.494 e. The van der Waals surface area contributed by atoms with Crippen molar-refractivity contribution in [3.8, 4) is 5.75 Å². The number of hydrogen-bond donors (Lipinski definition) is 1. The van der Waals surface area contributed by atoms with Gasteiger partial charge in [-0.3, -0.25) is 0 Å². The molecular formula is C18H23NO. The molecule has 0 aliphatic carbocycles. The van der Waals surface area contributed by atoms with Crippen LogP contribution in [-0.2, 0) is 6.42 Å². The highest BCUT2D eigenvalue weighted by molar-refractivity contribution is 5.40. The molecule has 0 aliphatic rings. The quantitative estimate of drug-likeness (QED) is 0.868. The van der Waals surface area contributed by atoms with Crippen LogP contribution in [0.15, 0.2) is 48.5 Å². The number of benzene rings is 2. The molecule has 20 heavy (non-hydrogen) atoms. The van der Waals surface area contributed by atoms with Crippen LogP contribution in [0.5, 0.6) is 5.75 Å². The Bertz CT molecular complexity index is 536. The molecule has 2 rings (SSSR count). The maximum Gasteiger partial charge on any atom is 0.122 e. The van der Waals surface area contributed by atoms with Crippen LogP contribution < -0.4 is 10.5 Å². The van der Waals surface area contributed by atoms with Gasteiger partial charge in [0.05, 0.1) is 6.61 Å². The van der Waals surface area contributed by atoms with Crippen molar-refractivity contribution in [1.82, 2.24) is 0 Å². The molecular weight excluding hydrogens is 246 g/mol. The molecule has 0 bridgehead atoms. The van der Waals surface area contributed by atoms with E-state index in [4.69, 9.17) is 10.5 Å². The molecule has 0 spiro atoms. The van der Waals surface area contributed by atoms with Gasteiger partial charge in [0, 0.05) is 5.92 Å². The summed E-state index contributed by atoms with van der Waals surface area (Å²) >= 11 is 0. The van der Waals surface area contributed by atoms with Crippen LogP contribution in [0.25, 0.3) is 0 Å². The van der Waals surface area contributed by atoms with Crippen molar-refractivity contribution in [3.63, 3.8) is 0 Å². The Hall–Kier alpha value is -1.80. The van der Waals surface area contributed by atoms with Crippen LogP contribution in [0.1, 0.15) is 29.5 Å². The summed E-state index contributed by atoms with van der Waals surface area (Å²) in [5, 5.41) is 0. The smallest absolute Gasteiger partial charge is 0.122 e. The molecule has 0 radical (unpaired) electrons. The van der Waals surface area contributed by atoms with E-state index in [0.29, 0.717) is 19.1 Å². The molecule has 0 fully saturated rings. The number of nitrogens with two attached hydrogens (primary N) is 1. The van der Waals surface area contributed by atoms with Crippen molar-refractivity contribution in [1.29, 1.82) is 0 Å². The minimum absolute atomic E-state index is 0.291. The molecule has 2 heteroatoms. The lowest BCUT2D eigenvalue weighted by Crippen LogP contribution is -2.16. The van der Waals surface area contributed by atoms with Gasteiger partial charge in [-0.2, -0.15) is 0 Å². The zero-order valence-electron chi connectivity index (χ0n) is 12.3. The van der Waals surface area contributed by atoms with Gasteiger partial charge in [-0.25, -0.2) is 0 Å². The van der Waals surface area contributed by atoms with Gasteiger partial charge < -0.3 is 10.5 Å². The van der Waals surface area contributed by atoms with Crippen molar-refractivity contribution in [3.05, 3.63) is 65.2 Å². The second-order valence-corrected chi connectivity index (χ2v) is 5.10. The summed E-state index contributed by atoms with van der Waals surface area (Å²) in [7, 11) is 0.